The van der Waals surface area contributed by atoms with Crippen LogP contribution in [-0.4, -0.2) is 51.0 Å². The monoisotopic (exact) mass is 559 g/mol. The number of anilines is 1. The predicted molar refractivity (Wildman–Crippen MR) is 170 cm³/mol. The fourth-order valence-electron chi connectivity index (χ4n) is 5.02. The smallest absolute Gasteiger partial charge is 0.255 e. The van der Waals surface area contributed by atoms with Crippen LogP contribution in [0.3, 0.4) is 0 Å². The van der Waals surface area contributed by atoms with Crippen molar-refractivity contribution in [3.05, 3.63) is 77.2 Å². The Hall–Kier alpha value is -3.03. The van der Waals surface area contributed by atoms with Crippen LogP contribution in [0.4, 0.5) is 5.69 Å². The zero-order valence-electron chi connectivity index (χ0n) is 25.0. The van der Waals surface area contributed by atoms with Gasteiger partial charge in [-0.05, 0) is 92.2 Å². The number of aryl methyl sites for hydroxylation is 1. The summed E-state index contributed by atoms with van der Waals surface area (Å²) in [6.07, 6.45) is 8.30. The van der Waals surface area contributed by atoms with Crippen molar-refractivity contribution < 1.29 is 4.79 Å². The number of amides is 1. The number of aromatic nitrogens is 3. The van der Waals surface area contributed by atoms with Gasteiger partial charge in [0.05, 0.1) is 6.20 Å². The quantitative estimate of drug-likeness (QED) is 0.155. The highest BCUT2D eigenvalue weighted by molar-refractivity contribution is 7.99. The molecule has 0 saturated carbocycles. The maximum absolute atomic E-state index is 13.0. The summed E-state index contributed by atoms with van der Waals surface area (Å²) in [6.45, 7) is 14.0. The number of aromatic amines is 1. The van der Waals surface area contributed by atoms with Crippen molar-refractivity contribution in [1.29, 1.82) is 0 Å². The number of hydrogen-bond acceptors (Lipinski definition) is 4. The number of fused-ring (bicyclic) bond motifs is 1. The third-order valence-electron chi connectivity index (χ3n) is 7.46. The fraction of sp³-hybridized carbons (Fsp3) is 0.455. The minimum atomic E-state index is -0.0818. The van der Waals surface area contributed by atoms with Gasteiger partial charge in [-0.25, -0.2) is 0 Å². The van der Waals surface area contributed by atoms with Gasteiger partial charge >= 0.3 is 0 Å². The molecule has 0 spiro atoms. The van der Waals surface area contributed by atoms with Crippen LogP contribution >= 0.6 is 11.8 Å². The van der Waals surface area contributed by atoms with Crippen molar-refractivity contribution in [3.8, 4) is 0 Å². The molecule has 4 rings (SSSR count). The zero-order chi connectivity index (χ0) is 28.6. The molecule has 2 N–H and O–H groups in total. The Morgan fingerprint density at radius 1 is 1.07 bits per heavy atom. The Kier molecular flexibility index (Phi) is 10.5. The summed E-state index contributed by atoms with van der Waals surface area (Å²) in [7, 11) is 2.20. The number of carbonyl (C=O) groups is 1. The molecule has 0 aliphatic heterocycles. The number of nitrogens with zero attached hydrogens (tertiary/aromatic N) is 3. The van der Waals surface area contributed by atoms with E-state index in [0.29, 0.717) is 16.7 Å². The molecule has 0 radical (unpaired) electrons. The van der Waals surface area contributed by atoms with E-state index < -0.39 is 0 Å². The number of nitrogens with one attached hydrogen (secondary N) is 2. The van der Waals surface area contributed by atoms with Crippen LogP contribution < -0.4 is 5.32 Å². The average molecular weight is 560 g/mol. The molecular weight excluding hydrogens is 514 g/mol. The third-order valence-corrected chi connectivity index (χ3v) is 8.47. The van der Waals surface area contributed by atoms with Crippen molar-refractivity contribution in [2.24, 2.45) is 0 Å². The van der Waals surface area contributed by atoms with E-state index >= 15 is 0 Å². The number of thioether (sulfide) groups is 1. The average Bonchev–Trinajstić information content (AvgIpc) is 3.54. The molecule has 0 aliphatic rings. The zero-order valence-corrected chi connectivity index (χ0v) is 25.8. The SMILES string of the molecule is CCCn1cc(CCN(C)CCc2c(C(C)CC)[nH]c3ccc(NC(=O)c4ccc(SC(C)C)cc4)cc23)cn1. The van der Waals surface area contributed by atoms with Gasteiger partial charge in [-0.3, -0.25) is 9.48 Å². The van der Waals surface area contributed by atoms with Crippen molar-refractivity contribution in [3.63, 3.8) is 0 Å². The molecule has 2 heterocycles. The predicted octanol–water partition coefficient (Wildman–Crippen LogP) is 7.76. The van der Waals surface area contributed by atoms with E-state index in [1.165, 1.54) is 27.1 Å². The lowest BCUT2D eigenvalue weighted by molar-refractivity contribution is 0.102. The van der Waals surface area contributed by atoms with Gasteiger partial charge in [-0.15, -0.1) is 11.8 Å². The second-order valence-electron chi connectivity index (χ2n) is 11.1. The lowest BCUT2D eigenvalue weighted by Gasteiger charge is -2.18. The lowest BCUT2D eigenvalue weighted by atomic mass is 9.97. The number of rotatable bonds is 14. The first-order valence-corrected chi connectivity index (χ1v) is 15.6. The van der Waals surface area contributed by atoms with Gasteiger partial charge in [-0.1, -0.05) is 34.6 Å². The molecule has 0 fully saturated rings. The van der Waals surface area contributed by atoms with Gasteiger partial charge in [0, 0.05) is 63.8 Å². The molecule has 7 heteroatoms. The Morgan fingerprint density at radius 3 is 2.52 bits per heavy atom. The van der Waals surface area contributed by atoms with E-state index in [2.05, 4.69) is 80.3 Å². The van der Waals surface area contributed by atoms with Crippen molar-refractivity contribution in [1.82, 2.24) is 19.7 Å². The Labute approximate surface area is 243 Å². The molecule has 6 nitrogen and oxygen atoms in total. The van der Waals surface area contributed by atoms with Crippen LogP contribution in [0.5, 0.6) is 0 Å². The summed E-state index contributed by atoms with van der Waals surface area (Å²) in [6, 6.07) is 14.1. The molecule has 2 aromatic heterocycles. The summed E-state index contributed by atoms with van der Waals surface area (Å²) in [4.78, 5) is 20.3. The first kappa shape index (κ1) is 29.9. The minimum absolute atomic E-state index is 0.0818. The highest BCUT2D eigenvalue weighted by atomic mass is 32.2. The standard InChI is InChI=1S/C33H45N5OS/c1-7-17-38-22-25(21-34-38)15-18-37(6)19-16-29-30-20-27(11-14-31(30)36-32(29)24(5)8-2)35-33(39)26-9-12-28(13-10-26)40-23(3)4/h9-14,20-24,36H,7-8,15-19H2,1-6H3,(H,35,39). The Morgan fingerprint density at radius 2 is 1.82 bits per heavy atom. The normalized spacial score (nSPS) is 12.5. The molecule has 1 atom stereocenters. The summed E-state index contributed by atoms with van der Waals surface area (Å²) in [5, 5.41) is 9.31. The molecule has 0 aliphatic carbocycles. The van der Waals surface area contributed by atoms with Gasteiger partial charge in [0.15, 0.2) is 0 Å². The topological polar surface area (TPSA) is 66.0 Å². The second kappa shape index (κ2) is 14.0. The first-order chi connectivity index (χ1) is 19.3. The van der Waals surface area contributed by atoms with E-state index in [1.54, 1.807) is 11.8 Å². The lowest BCUT2D eigenvalue weighted by Crippen LogP contribution is -2.24. The molecule has 0 bridgehead atoms. The molecule has 40 heavy (non-hydrogen) atoms. The summed E-state index contributed by atoms with van der Waals surface area (Å²) in [5.74, 6) is 0.360. The molecule has 1 unspecified atom stereocenters. The Balaban J connectivity index is 1.46. The molecule has 2 aromatic carbocycles. The van der Waals surface area contributed by atoms with Crippen LogP contribution in [0, 0.1) is 0 Å². The molecule has 214 valence electrons. The van der Waals surface area contributed by atoms with Crippen molar-refractivity contribution in [2.75, 3.05) is 25.5 Å². The van der Waals surface area contributed by atoms with Crippen LogP contribution in [-0.2, 0) is 19.4 Å². The maximum atomic E-state index is 13.0. The van der Waals surface area contributed by atoms with E-state index in [0.717, 1.165) is 56.5 Å². The van der Waals surface area contributed by atoms with E-state index in [1.807, 2.05) is 41.2 Å². The maximum Gasteiger partial charge on any atom is 0.255 e. The van der Waals surface area contributed by atoms with Crippen LogP contribution in [0.15, 0.2) is 59.8 Å². The van der Waals surface area contributed by atoms with Crippen LogP contribution in [0.2, 0.25) is 0 Å². The van der Waals surface area contributed by atoms with Crippen LogP contribution in [0.25, 0.3) is 10.9 Å². The third kappa shape index (κ3) is 7.79. The molecule has 4 aromatic rings. The fourth-order valence-corrected chi connectivity index (χ4v) is 5.86. The van der Waals surface area contributed by atoms with Gasteiger partial charge < -0.3 is 15.2 Å². The van der Waals surface area contributed by atoms with E-state index in [-0.39, 0.29) is 5.91 Å². The van der Waals surface area contributed by atoms with E-state index in [9.17, 15) is 4.79 Å². The van der Waals surface area contributed by atoms with E-state index in [4.69, 9.17) is 0 Å². The molecular formula is C33H45N5OS. The molecule has 1 amide bonds. The number of likely N-dealkylation sites (N-methyl/N-ethyl adjacent to an activating group) is 1. The second-order valence-corrected chi connectivity index (χ2v) is 12.8. The number of hydrogen-bond donors (Lipinski definition) is 2. The van der Waals surface area contributed by atoms with Crippen molar-refractivity contribution >= 4 is 34.3 Å². The summed E-state index contributed by atoms with van der Waals surface area (Å²) >= 11 is 1.80. The van der Waals surface area contributed by atoms with Crippen LogP contribution in [0.1, 0.15) is 80.6 Å². The summed E-state index contributed by atoms with van der Waals surface area (Å²) < 4.78 is 2.04. The van der Waals surface area contributed by atoms with Gasteiger partial charge in [0.2, 0.25) is 0 Å². The highest BCUT2D eigenvalue weighted by Crippen LogP contribution is 2.32. The number of benzene rings is 2. The Bertz CT molecular complexity index is 1390. The summed E-state index contributed by atoms with van der Waals surface area (Å²) in [5.41, 5.74) is 6.59. The minimum Gasteiger partial charge on any atom is -0.358 e. The number of carbonyl (C=O) groups excluding carboxylic acids is 1. The van der Waals surface area contributed by atoms with Crippen molar-refractivity contribution in [2.45, 2.75) is 82.9 Å². The highest BCUT2D eigenvalue weighted by Gasteiger charge is 2.17. The molecule has 0 saturated heterocycles. The van der Waals surface area contributed by atoms with Gasteiger partial charge in [0.1, 0.15) is 0 Å². The largest absolute Gasteiger partial charge is 0.358 e. The van der Waals surface area contributed by atoms with Gasteiger partial charge in [0.25, 0.3) is 5.91 Å². The van der Waals surface area contributed by atoms with Gasteiger partial charge in [-0.2, -0.15) is 5.10 Å². The first-order valence-electron chi connectivity index (χ1n) is 14.7. The number of H-pyrrole nitrogens is 1.